The minimum absolute atomic E-state index is 0.363. The highest BCUT2D eigenvalue weighted by Gasteiger charge is 2.08. The van der Waals surface area contributed by atoms with Crippen LogP contribution in [0.2, 0.25) is 0 Å². The number of aromatic nitrogens is 3. The number of nitrogens with zero attached hydrogens (tertiary/aromatic N) is 3. The van der Waals surface area contributed by atoms with Gasteiger partial charge >= 0.3 is 0 Å². The van der Waals surface area contributed by atoms with E-state index < -0.39 is 5.82 Å². The van der Waals surface area contributed by atoms with Crippen LogP contribution in [-0.4, -0.2) is 21.5 Å². The van der Waals surface area contributed by atoms with Gasteiger partial charge in [0, 0.05) is 24.9 Å². The molecule has 5 heteroatoms. The number of hydrogen-bond donors (Lipinski definition) is 1. The Balaban J connectivity index is 2.16. The molecule has 0 saturated heterocycles. The molecule has 2 aromatic rings. The van der Waals surface area contributed by atoms with Gasteiger partial charge in [-0.15, -0.1) is 0 Å². The topological polar surface area (TPSA) is 50.7 Å². The Kier molecular flexibility index (Phi) is 4.17. The van der Waals surface area contributed by atoms with Crippen molar-refractivity contribution in [3.8, 4) is 0 Å². The van der Waals surface area contributed by atoms with Crippen LogP contribution < -0.4 is 5.32 Å². The summed E-state index contributed by atoms with van der Waals surface area (Å²) in [5, 5.41) is 3.04. The molecule has 18 heavy (non-hydrogen) atoms. The third-order valence-electron chi connectivity index (χ3n) is 2.42. The second kappa shape index (κ2) is 6.05. The molecule has 4 nitrogen and oxygen atoms in total. The van der Waals surface area contributed by atoms with E-state index in [-0.39, 0.29) is 0 Å². The summed E-state index contributed by atoms with van der Waals surface area (Å²) in [4.78, 5) is 12.2. The Morgan fingerprint density at radius 1 is 1.28 bits per heavy atom. The Labute approximate surface area is 105 Å². The predicted molar refractivity (Wildman–Crippen MR) is 67.8 cm³/mol. The molecular weight excluding hydrogens is 231 g/mol. The molecule has 2 rings (SSSR count). The van der Waals surface area contributed by atoms with E-state index in [0.29, 0.717) is 18.1 Å². The van der Waals surface area contributed by atoms with Gasteiger partial charge in [-0.3, -0.25) is 4.98 Å². The fraction of sp³-hybridized carbons (Fsp3) is 0.308. The van der Waals surface area contributed by atoms with E-state index in [1.165, 1.54) is 6.20 Å². The minimum atomic E-state index is -0.400. The van der Waals surface area contributed by atoms with E-state index in [1.54, 1.807) is 6.20 Å². The summed E-state index contributed by atoms with van der Waals surface area (Å²) in [6.07, 6.45) is 4.22. The summed E-state index contributed by atoms with van der Waals surface area (Å²) in [7, 11) is 0. The average molecular weight is 246 g/mol. The zero-order valence-electron chi connectivity index (χ0n) is 10.2. The van der Waals surface area contributed by atoms with Crippen LogP contribution >= 0.6 is 0 Å². The highest BCUT2D eigenvalue weighted by Crippen LogP contribution is 2.10. The van der Waals surface area contributed by atoms with Crippen molar-refractivity contribution in [3.63, 3.8) is 0 Å². The summed E-state index contributed by atoms with van der Waals surface area (Å²) in [6.45, 7) is 2.82. The smallest absolute Gasteiger partial charge is 0.223 e. The average Bonchev–Trinajstić information content (AvgIpc) is 2.41. The summed E-state index contributed by atoms with van der Waals surface area (Å²) in [6, 6.07) is 5.55. The van der Waals surface area contributed by atoms with Gasteiger partial charge in [0.25, 0.3) is 0 Å². The Morgan fingerprint density at radius 3 is 2.89 bits per heavy atom. The third-order valence-corrected chi connectivity index (χ3v) is 2.42. The number of hydrogen-bond acceptors (Lipinski definition) is 4. The second-order valence-corrected chi connectivity index (χ2v) is 3.91. The van der Waals surface area contributed by atoms with Crippen LogP contribution in [0.4, 0.5) is 10.3 Å². The van der Waals surface area contributed by atoms with Gasteiger partial charge in [-0.2, -0.15) is 0 Å². The molecule has 0 amide bonds. The summed E-state index contributed by atoms with van der Waals surface area (Å²) >= 11 is 0. The number of anilines is 1. The molecule has 0 aliphatic rings. The van der Waals surface area contributed by atoms with Gasteiger partial charge in [-0.25, -0.2) is 14.4 Å². The van der Waals surface area contributed by atoms with Crippen molar-refractivity contribution in [1.29, 1.82) is 0 Å². The maximum Gasteiger partial charge on any atom is 0.223 e. The molecule has 1 N–H and O–H groups in total. The van der Waals surface area contributed by atoms with Crippen LogP contribution in [0.15, 0.2) is 30.6 Å². The van der Waals surface area contributed by atoms with Crippen LogP contribution in [0.5, 0.6) is 0 Å². The normalized spacial score (nSPS) is 10.3. The van der Waals surface area contributed by atoms with E-state index in [2.05, 4.69) is 20.3 Å². The van der Waals surface area contributed by atoms with Gasteiger partial charge in [-0.1, -0.05) is 13.0 Å². The molecule has 0 bridgehead atoms. The van der Waals surface area contributed by atoms with Gasteiger partial charge in [0.05, 0.1) is 11.9 Å². The molecule has 0 radical (unpaired) electrons. The van der Waals surface area contributed by atoms with Crippen LogP contribution in [0.3, 0.4) is 0 Å². The number of rotatable bonds is 5. The maximum absolute atomic E-state index is 13.6. The molecule has 2 heterocycles. The minimum Gasteiger partial charge on any atom is -0.354 e. The number of nitrogens with one attached hydrogen (secondary N) is 1. The van der Waals surface area contributed by atoms with Crippen LogP contribution in [0, 0.1) is 5.82 Å². The molecule has 0 unspecified atom stereocenters. The lowest BCUT2D eigenvalue weighted by Crippen LogP contribution is -2.08. The van der Waals surface area contributed by atoms with E-state index in [0.717, 1.165) is 18.7 Å². The first-order valence-corrected chi connectivity index (χ1v) is 5.94. The lowest BCUT2D eigenvalue weighted by atomic mass is 10.2. The fourth-order valence-corrected chi connectivity index (χ4v) is 1.52. The molecule has 0 spiro atoms. The lowest BCUT2D eigenvalue weighted by molar-refractivity contribution is 0.595. The van der Waals surface area contributed by atoms with Crippen molar-refractivity contribution >= 4 is 5.95 Å². The standard InChI is InChI=1S/C13H15FN4/c1-2-6-16-13-17-9-11(14)12(18-13)8-10-5-3-4-7-15-10/h3-5,7,9H,2,6,8H2,1H3,(H,16,17,18). The lowest BCUT2D eigenvalue weighted by Gasteiger charge is -2.06. The Morgan fingerprint density at radius 2 is 2.17 bits per heavy atom. The fourth-order valence-electron chi connectivity index (χ4n) is 1.52. The summed E-state index contributed by atoms with van der Waals surface area (Å²) in [5.74, 6) is 0.0619. The number of halogens is 1. The van der Waals surface area contributed by atoms with Gasteiger partial charge in [0.2, 0.25) is 5.95 Å². The van der Waals surface area contributed by atoms with Gasteiger partial charge in [-0.05, 0) is 18.6 Å². The Bertz CT molecular complexity index is 502. The highest BCUT2D eigenvalue weighted by atomic mass is 19.1. The summed E-state index contributed by atoms with van der Waals surface area (Å²) < 4.78 is 13.6. The van der Waals surface area contributed by atoms with Crippen molar-refractivity contribution in [2.24, 2.45) is 0 Å². The van der Waals surface area contributed by atoms with Crippen molar-refractivity contribution in [3.05, 3.63) is 47.8 Å². The molecule has 0 aromatic carbocycles. The molecular formula is C13H15FN4. The quantitative estimate of drug-likeness (QED) is 0.880. The van der Waals surface area contributed by atoms with Crippen molar-refractivity contribution in [2.75, 3.05) is 11.9 Å². The van der Waals surface area contributed by atoms with Gasteiger partial charge in [0.15, 0.2) is 5.82 Å². The zero-order chi connectivity index (χ0) is 12.8. The van der Waals surface area contributed by atoms with Gasteiger partial charge < -0.3 is 5.32 Å². The van der Waals surface area contributed by atoms with Crippen molar-refractivity contribution in [1.82, 2.24) is 15.0 Å². The van der Waals surface area contributed by atoms with Crippen molar-refractivity contribution in [2.45, 2.75) is 19.8 Å². The first-order valence-electron chi connectivity index (χ1n) is 5.94. The van der Waals surface area contributed by atoms with Gasteiger partial charge in [0.1, 0.15) is 0 Å². The first kappa shape index (κ1) is 12.4. The van der Waals surface area contributed by atoms with E-state index in [1.807, 2.05) is 25.1 Å². The summed E-state index contributed by atoms with van der Waals surface area (Å²) in [5.41, 5.74) is 1.15. The first-order chi connectivity index (χ1) is 8.79. The van der Waals surface area contributed by atoms with Crippen LogP contribution in [-0.2, 0) is 6.42 Å². The molecule has 0 fully saturated rings. The van der Waals surface area contributed by atoms with E-state index >= 15 is 0 Å². The van der Waals surface area contributed by atoms with E-state index in [4.69, 9.17) is 0 Å². The maximum atomic E-state index is 13.6. The Hall–Kier alpha value is -2.04. The zero-order valence-corrected chi connectivity index (χ0v) is 10.2. The predicted octanol–water partition coefficient (Wildman–Crippen LogP) is 2.42. The second-order valence-electron chi connectivity index (χ2n) is 3.91. The molecule has 94 valence electrons. The SMILES string of the molecule is CCCNc1ncc(F)c(Cc2ccccn2)n1. The highest BCUT2D eigenvalue weighted by molar-refractivity contribution is 5.27. The molecule has 0 aliphatic heterocycles. The largest absolute Gasteiger partial charge is 0.354 e. The molecule has 0 atom stereocenters. The number of pyridine rings is 1. The molecule has 2 aromatic heterocycles. The monoisotopic (exact) mass is 246 g/mol. The molecule has 0 saturated carbocycles. The third kappa shape index (κ3) is 3.23. The van der Waals surface area contributed by atoms with Crippen LogP contribution in [0.25, 0.3) is 0 Å². The molecule has 0 aliphatic carbocycles. The van der Waals surface area contributed by atoms with E-state index in [9.17, 15) is 4.39 Å². The van der Waals surface area contributed by atoms with Crippen LogP contribution in [0.1, 0.15) is 24.7 Å². The van der Waals surface area contributed by atoms with Crippen molar-refractivity contribution < 1.29 is 4.39 Å².